The van der Waals surface area contributed by atoms with E-state index in [-0.39, 0.29) is 5.91 Å². The summed E-state index contributed by atoms with van der Waals surface area (Å²) >= 11 is 0. The fourth-order valence-corrected chi connectivity index (χ4v) is 2.62. The summed E-state index contributed by atoms with van der Waals surface area (Å²) < 4.78 is 12.4. The number of carbonyl (C=O) groups is 1. The van der Waals surface area contributed by atoms with Gasteiger partial charge in [0.15, 0.2) is 5.69 Å². The summed E-state index contributed by atoms with van der Waals surface area (Å²) in [6.07, 6.45) is 3.41. The molecule has 7 heteroatoms. The average Bonchev–Trinajstić information content (AvgIpc) is 3.08. The van der Waals surface area contributed by atoms with Crippen LogP contribution in [0.25, 0.3) is 11.3 Å². The number of rotatable bonds is 6. The Bertz CT molecular complexity index is 906. The fraction of sp³-hybridized carbons (Fsp3) is 0.211. The number of aromatic nitrogens is 3. The van der Waals surface area contributed by atoms with Crippen molar-refractivity contribution in [2.24, 2.45) is 7.05 Å². The molecular weight excluding hydrogens is 332 g/mol. The molecule has 0 saturated heterocycles. The molecule has 2 heterocycles. The maximum Gasteiger partial charge on any atom is 0.272 e. The smallest absolute Gasteiger partial charge is 0.272 e. The van der Waals surface area contributed by atoms with Gasteiger partial charge in [0, 0.05) is 31.5 Å². The van der Waals surface area contributed by atoms with Gasteiger partial charge in [-0.1, -0.05) is 6.07 Å². The number of pyridine rings is 1. The molecule has 7 nitrogen and oxygen atoms in total. The lowest BCUT2D eigenvalue weighted by Crippen LogP contribution is -2.23. The number of hydrogen-bond acceptors (Lipinski definition) is 5. The number of nitrogens with zero attached hydrogens (tertiary/aromatic N) is 3. The molecular formula is C19H20N4O3. The zero-order chi connectivity index (χ0) is 18.5. The van der Waals surface area contributed by atoms with Gasteiger partial charge in [-0.2, -0.15) is 5.10 Å². The van der Waals surface area contributed by atoms with Crippen molar-refractivity contribution >= 4 is 5.91 Å². The first-order valence-electron chi connectivity index (χ1n) is 8.06. The van der Waals surface area contributed by atoms with Gasteiger partial charge in [-0.25, -0.2) is 0 Å². The van der Waals surface area contributed by atoms with Crippen LogP contribution in [-0.4, -0.2) is 34.9 Å². The van der Waals surface area contributed by atoms with E-state index in [9.17, 15) is 4.79 Å². The first-order valence-corrected chi connectivity index (χ1v) is 8.06. The van der Waals surface area contributed by atoms with Crippen LogP contribution in [-0.2, 0) is 13.6 Å². The second-order valence-electron chi connectivity index (χ2n) is 5.65. The van der Waals surface area contributed by atoms with Crippen molar-refractivity contribution in [2.45, 2.75) is 6.54 Å². The number of nitrogens with one attached hydrogen (secondary N) is 1. The molecule has 0 bridgehead atoms. The third-order valence-corrected chi connectivity index (χ3v) is 3.97. The Morgan fingerprint density at radius 1 is 1.19 bits per heavy atom. The van der Waals surface area contributed by atoms with E-state index < -0.39 is 0 Å². The van der Waals surface area contributed by atoms with Crippen molar-refractivity contribution in [2.75, 3.05) is 14.2 Å². The molecule has 3 aromatic rings. The van der Waals surface area contributed by atoms with Crippen molar-refractivity contribution in [3.05, 3.63) is 60.0 Å². The van der Waals surface area contributed by atoms with E-state index in [0.717, 1.165) is 16.8 Å². The molecule has 3 rings (SSSR count). The van der Waals surface area contributed by atoms with E-state index in [0.29, 0.717) is 23.7 Å². The molecule has 26 heavy (non-hydrogen) atoms. The molecule has 0 radical (unpaired) electrons. The number of aryl methyl sites for hydroxylation is 1. The number of carbonyl (C=O) groups excluding carboxylic acids is 1. The topological polar surface area (TPSA) is 78.3 Å². The Hall–Kier alpha value is -3.35. The zero-order valence-electron chi connectivity index (χ0n) is 14.9. The first kappa shape index (κ1) is 17.5. The quantitative estimate of drug-likeness (QED) is 0.737. The summed E-state index contributed by atoms with van der Waals surface area (Å²) in [4.78, 5) is 16.5. The van der Waals surface area contributed by atoms with E-state index in [4.69, 9.17) is 9.47 Å². The van der Waals surface area contributed by atoms with Crippen molar-refractivity contribution in [3.63, 3.8) is 0 Å². The average molecular weight is 352 g/mol. The van der Waals surface area contributed by atoms with Gasteiger partial charge in [-0.05, 0) is 35.9 Å². The van der Waals surface area contributed by atoms with Crippen LogP contribution in [0.3, 0.4) is 0 Å². The number of methoxy groups -OCH3 is 2. The third-order valence-electron chi connectivity index (χ3n) is 3.97. The fourth-order valence-electron chi connectivity index (χ4n) is 2.62. The van der Waals surface area contributed by atoms with Gasteiger partial charge in [-0.3, -0.25) is 14.5 Å². The minimum atomic E-state index is -0.252. The highest BCUT2D eigenvalue weighted by Crippen LogP contribution is 2.33. The molecule has 0 spiro atoms. The number of amides is 1. The highest BCUT2D eigenvalue weighted by Gasteiger charge is 2.17. The van der Waals surface area contributed by atoms with E-state index in [2.05, 4.69) is 15.4 Å². The highest BCUT2D eigenvalue weighted by molar-refractivity contribution is 5.93. The van der Waals surface area contributed by atoms with Gasteiger partial charge in [0.05, 0.1) is 19.9 Å². The Morgan fingerprint density at radius 2 is 2.04 bits per heavy atom. The van der Waals surface area contributed by atoms with Gasteiger partial charge < -0.3 is 14.8 Å². The van der Waals surface area contributed by atoms with Gasteiger partial charge in [0.2, 0.25) is 0 Å². The maximum atomic E-state index is 12.4. The van der Waals surface area contributed by atoms with Gasteiger partial charge >= 0.3 is 0 Å². The second kappa shape index (κ2) is 7.69. The highest BCUT2D eigenvalue weighted by atomic mass is 16.5. The second-order valence-corrected chi connectivity index (χ2v) is 5.65. The molecule has 0 fully saturated rings. The van der Waals surface area contributed by atoms with Crippen LogP contribution in [0.1, 0.15) is 16.1 Å². The molecule has 0 aliphatic rings. The number of benzene rings is 1. The Labute approximate surface area is 151 Å². The Morgan fingerprint density at radius 3 is 2.73 bits per heavy atom. The predicted molar refractivity (Wildman–Crippen MR) is 97.2 cm³/mol. The minimum Gasteiger partial charge on any atom is -0.497 e. The molecule has 134 valence electrons. The maximum absolute atomic E-state index is 12.4. The summed E-state index contributed by atoms with van der Waals surface area (Å²) in [5.41, 5.74) is 2.81. The molecule has 1 N–H and O–H groups in total. The zero-order valence-corrected chi connectivity index (χ0v) is 14.9. The van der Waals surface area contributed by atoms with Crippen molar-refractivity contribution < 1.29 is 14.3 Å². The third kappa shape index (κ3) is 3.66. The number of hydrogen-bond donors (Lipinski definition) is 1. The lowest BCUT2D eigenvalue weighted by Gasteiger charge is -2.10. The first-order chi connectivity index (χ1) is 12.6. The van der Waals surface area contributed by atoms with Crippen molar-refractivity contribution in [3.8, 4) is 22.8 Å². The van der Waals surface area contributed by atoms with Crippen LogP contribution in [0.2, 0.25) is 0 Å². The van der Waals surface area contributed by atoms with Crippen LogP contribution < -0.4 is 14.8 Å². The van der Waals surface area contributed by atoms with Gasteiger partial charge in [-0.15, -0.1) is 0 Å². The van der Waals surface area contributed by atoms with Crippen molar-refractivity contribution in [1.82, 2.24) is 20.1 Å². The van der Waals surface area contributed by atoms with Crippen LogP contribution >= 0.6 is 0 Å². The van der Waals surface area contributed by atoms with Crippen LogP contribution in [0.4, 0.5) is 0 Å². The van der Waals surface area contributed by atoms with Crippen molar-refractivity contribution in [1.29, 1.82) is 0 Å². The van der Waals surface area contributed by atoms with E-state index in [1.165, 1.54) is 0 Å². The van der Waals surface area contributed by atoms with Crippen LogP contribution in [0.5, 0.6) is 11.5 Å². The predicted octanol–water partition coefficient (Wildman–Crippen LogP) is 2.43. The summed E-state index contributed by atoms with van der Waals surface area (Å²) in [5.74, 6) is 1.12. The van der Waals surface area contributed by atoms with E-state index in [1.54, 1.807) is 44.4 Å². The van der Waals surface area contributed by atoms with Gasteiger partial charge in [0.25, 0.3) is 5.91 Å². The molecule has 0 aliphatic heterocycles. The molecule has 0 saturated carbocycles. The number of ether oxygens (including phenoxy) is 2. The molecule has 2 aromatic heterocycles. The standard InChI is InChI=1S/C19H20N4O3/c1-23-17(15-9-14(25-2)6-7-18(15)26-3)10-16(22-23)19(24)21-12-13-5-4-8-20-11-13/h4-11H,12H2,1-3H3,(H,21,24). The lowest BCUT2D eigenvalue weighted by atomic mass is 10.1. The Balaban J connectivity index is 1.84. The normalized spacial score (nSPS) is 10.4. The SMILES string of the molecule is COc1ccc(OC)c(-c2cc(C(=O)NCc3cccnc3)nn2C)c1. The molecule has 0 unspecified atom stereocenters. The molecule has 0 aliphatic carbocycles. The van der Waals surface area contributed by atoms with Crippen LogP contribution in [0.15, 0.2) is 48.8 Å². The van der Waals surface area contributed by atoms with Gasteiger partial charge in [0.1, 0.15) is 11.5 Å². The monoisotopic (exact) mass is 352 g/mol. The summed E-state index contributed by atoms with van der Waals surface area (Å²) in [5, 5.41) is 7.17. The lowest BCUT2D eigenvalue weighted by molar-refractivity contribution is 0.0945. The van der Waals surface area contributed by atoms with Crippen LogP contribution in [0, 0.1) is 0 Å². The summed E-state index contributed by atoms with van der Waals surface area (Å²) in [6.45, 7) is 0.390. The molecule has 1 aromatic carbocycles. The summed E-state index contributed by atoms with van der Waals surface area (Å²) in [6, 6.07) is 11.0. The van der Waals surface area contributed by atoms with E-state index >= 15 is 0 Å². The molecule has 1 amide bonds. The summed E-state index contributed by atoms with van der Waals surface area (Å²) in [7, 11) is 4.99. The minimum absolute atomic E-state index is 0.252. The Kier molecular flexibility index (Phi) is 5.17. The largest absolute Gasteiger partial charge is 0.497 e. The molecule has 0 atom stereocenters. The van der Waals surface area contributed by atoms with E-state index in [1.807, 2.05) is 30.3 Å².